The summed E-state index contributed by atoms with van der Waals surface area (Å²) in [7, 11) is 0. The highest BCUT2D eigenvalue weighted by atomic mass is 16.3. The second-order valence-electron chi connectivity index (χ2n) is 16.7. The molecule has 0 fully saturated rings. The van der Waals surface area contributed by atoms with Crippen LogP contribution in [0.15, 0.2) is 128 Å². The van der Waals surface area contributed by atoms with Crippen LogP contribution >= 0.6 is 0 Å². The fourth-order valence-corrected chi connectivity index (χ4v) is 6.71. The first-order valence-corrected chi connectivity index (χ1v) is 21.3. The molecule has 0 saturated heterocycles. The molecule has 2 N–H and O–H groups in total. The summed E-state index contributed by atoms with van der Waals surface area (Å²) in [6.07, 6.45) is 42.8. The molecular weight excluding hydrogens is 657 g/mol. The molecule has 0 bridgehead atoms. The molecule has 1 aliphatic carbocycles. The van der Waals surface area contributed by atoms with Crippen molar-refractivity contribution in [2.75, 3.05) is 0 Å². The Balaban J connectivity index is 2.25. The smallest absolute Gasteiger partial charge is 0.0963 e. The van der Waals surface area contributed by atoms with E-state index in [2.05, 4.69) is 124 Å². The fraction of sp³-hybridized carbons (Fsp3) is 0.577. The Morgan fingerprint density at radius 2 is 0.667 bits per heavy atom. The molecule has 0 aromatic heterocycles. The summed E-state index contributed by atoms with van der Waals surface area (Å²) in [5, 5.41) is 20.3. The van der Waals surface area contributed by atoms with Gasteiger partial charge >= 0.3 is 0 Å². The van der Waals surface area contributed by atoms with E-state index in [0.717, 1.165) is 81.8 Å². The van der Waals surface area contributed by atoms with Crippen molar-refractivity contribution in [3.63, 3.8) is 0 Å². The molecule has 2 unspecified atom stereocenters. The first-order valence-electron chi connectivity index (χ1n) is 21.3. The minimum Gasteiger partial charge on any atom is -0.385 e. The van der Waals surface area contributed by atoms with Gasteiger partial charge in [-0.05, 0) is 203 Å². The van der Waals surface area contributed by atoms with E-state index in [9.17, 15) is 10.2 Å². The molecule has 2 atom stereocenters. The zero-order valence-corrected chi connectivity index (χ0v) is 36.9. The lowest BCUT2D eigenvalue weighted by Crippen LogP contribution is -2.20. The van der Waals surface area contributed by atoms with Crippen molar-refractivity contribution in [2.45, 2.75) is 198 Å². The zero-order chi connectivity index (χ0) is 40.3. The van der Waals surface area contributed by atoms with Crippen LogP contribution < -0.4 is 0 Å². The van der Waals surface area contributed by atoms with Gasteiger partial charge in [-0.2, -0.15) is 0 Å². The second kappa shape index (κ2) is 29.4. The fourth-order valence-electron chi connectivity index (χ4n) is 6.71. The molecule has 0 radical (unpaired) electrons. The van der Waals surface area contributed by atoms with E-state index in [4.69, 9.17) is 0 Å². The first kappa shape index (κ1) is 49.1. The molecule has 302 valence electrons. The van der Waals surface area contributed by atoms with E-state index in [1.165, 1.54) is 82.3 Å². The van der Waals surface area contributed by atoms with Crippen LogP contribution in [0.2, 0.25) is 0 Å². The van der Waals surface area contributed by atoms with Gasteiger partial charge in [0.2, 0.25) is 0 Å². The van der Waals surface area contributed by atoms with Crippen LogP contribution in [0.1, 0.15) is 185 Å². The third kappa shape index (κ3) is 26.0. The Bertz CT molecular complexity index is 1450. The Kier molecular flexibility index (Phi) is 26.7. The van der Waals surface area contributed by atoms with Gasteiger partial charge in [0.15, 0.2) is 0 Å². The monoisotopic (exact) mass is 739 g/mol. The van der Waals surface area contributed by atoms with Gasteiger partial charge in [0, 0.05) is 0 Å². The van der Waals surface area contributed by atoms with E-state index in [0.29, 0.717) is 6.42 Å². The van der Waals surface area contributed by atoms with Crippen molar-refractivity contribution in [1.29, 1.82) is 0 Å². The van der Waals surface area contributed by atoms with Crippen LogP contribution in [-0.4, -0.2) is 22.4 Å². The summed E-state index contributed by atoms with van der Waals surface area (Å²) in [6.45, 7) is 24.4. The standard InChI is InChI=1S/C52H82O2/c1-40(2)20-12-21-41(3)22-13-23-42(4)24-14-25-43(5)26-15-27-44(6)28-16-29-45(7)30-17-31-46(8)32-18-33-47(9)34-19-35-48(10)36-37-50-39-51(53)38-49(11)52(50)54/h20,22,24,26,28,30,32,34,36,38-39,51-54H,12-19,21,23,25,27,29,31,33,35,37H2,1-11H3. The molecule has 0 spiro atoms. The van der Waals surface area contributed by atoms with Crippen molar-refractivity contribution in [1.82, 2.24) is 0 Å². The molecule has 0 heterocycles. The normalized spacial score (nSPS) is 18.6. The molecule has 1 rings (SSSR count). The van der Waals surface area contributed by atoms with Gasteiger partial charge in [-0.3, -0.25) is 0 Å². The summed E-state index contributed by atoms with van der Waals surface area (Å²) in [5.41, 5.74) is 15.0. The van der Waals surface area contributed by atoms with Gasteiger partial charge in [0.1, 0.15) is 0 Å². The Morgan fingerprint density at radius 1 is 0.407 bits per heavy atom. The van der Waals surface area contributed by atoms with Gasteiger partial charge in [-0.25, -0.2) is 0 Å². The lowest BCUT2D eigenvalue weighted by Gasteiger charge is -2.21. The van der Waals surface area contributed by atoms with Crippen molar-refractivity contribution >= 4 is 0 Å². The largest absolute Gasteiger partial charge is 0.385 e. The van der Waals surface area contributed by atoms with Gasteiger partial charge in [0.05, 0.1) is 12.2 Å². The first-order chi connectivity index (χ1) is 25.7. The molecule has 0 saturated carbocycles. The maximum Gasteiger partial charge on any atom is 0.0963 e. The van der Waals surface area contributed by atoms with Crippen LogP contribution in [0.5, 0.6) is 0 Å². The van der Waals surface area contributed by atoms with Gasteiger partial charge in [0.25, 0.3) is 0 Å². The number of rotatable bonds is 26. The molecular formula is C52H82O2. The third-order valence-corrected chi connectivity index (χ3v) is 10.6. The molecule has 0 aromatic carbocycles. The number of allylic oxidation sites excluding steroid dienone is 18. The van der Waals surface area contributed by atoms with Crippen LogP contribution in [0, 0.1) is 0 Å². The summed E-state index contributed by atoms with van der Waals surface area (Å²) in [4.78, 5) is 0. The maximum absolute atomic E-state index is 10.4. The van der Waals surface area contributed by atoms with Gasteiger partial charge in [-0.15, -0.1) is 0 Å². The Morgan fingerprint density at radius 3 is 0.944 bits per heavy atom. The highest BCUT2D eigenvalue weighted by Gasteiger charge is 2.18. The Hall–Kier alpha value is -2.94. The summed E-state index contributed by atoms with van der Waals surface area (Å²) >= 11 is 0. The molecule has 0 aliphatic heterocycles. The van der Waals surface area contributed by atoms with Crippen LogP contribution in [-0.2, 0) is 0 Å². The lowest BCUT2D eigenvalue weighted by atomic mass is 9.92. The van der Waals surface area contributed by atoms with Gasteiger partial charge < -0.3 is 10.2 Å². The van der Waals surface area contributed by atoms with E-state index < -0.39 is 12.2 Å². The average Bonchev–Trinajstić information content (AvgIpc) is 3.09. The van der Waals surface area contributed by atoms with E-state index in [1.807, 2.05) is 6.92 Å². The van der Waals surface area contributed by atoms with Crippen molar-refractivity contribution in [3.8, 4) is 0 Å². The van der Waals surface area contributed by atoms with Crippen LogP contribution in [0.4, 0.5) is 0 Å². The highest BCUT2D eigenvalue weighted by molar-refractivity contribution is 5.32. The minimum atomic E-state index is -0.583. The zero-order valence-electron chi connectivity index (χ0n) is 36.9. The second-order valence-corrected chi connectivity index (χ2v) is 16.7. The SMILES string of the molecule is CC(C)=CCCC(C)=CCCC(C)=CCCC(C)=CCCC(C)=CCCC(C)=CCCC(C)=CCCC(C)=CCCC(C)=CCC1=CC(O)C=C(C)C1O. The van der Waals surface area contributed by atoms with Crippen molar-refractivity contribution in [2.24, 2.45) is 0 Å². The topological polar surface area (TPSA) is 40.5 Å². The third-order valence-electron chi connectivity index (χ3n) is 10.6. The lowest BCUT2D eigenvalue weighted by molar-refractivity contribution is 0.218. The summed E-state index contributed by atoms with van der Waals surface area (Å²) < 4.78 is 0. The predicted molar refractivity (Wildman–Crippen MR) is 242 cm³/mol. The molecule has 54 heavy (non-hydrogen) atoms. The van der Waals surface area contributed by atoms with Crippen molar-refractivity contribution in [3.05, 3.63) is 128 Å². The summed E-state index contributed by atoms with van der Waals surface area (Å²) in [5.74, 6) is 0. The van der Waals surface area contributed by atoms with Gasteiger partial charge in [-0.1, -0.05) is 111 Å². The summed E-state index contributed by atoms with van der Waals surface area (Å²) in [6, 6.07) is 0. The number of hydrogen-bond donors (Lipinski definition) is 2. The maximum atomic E-state index is 10.4. The Labute approximate surface area is 334 Å². The molecule has 0 aromatic rings. The molecule has 0 amide bonds. The highest BCUT2D eigenvalue weighted by Crippen LogP contribution is 2.24. The van der Waals surface area contributed by atoms with Crippen LogP contribution in [0.25, 0.3) is 0 Å². The predicted octanol–water partition coefficient (Wildman–Crippen LogP) is 15.8. The number of aliphatic hydroxyl groups is 2. The van der Waals surface area contributed by atoms with Crippen LogP contribution in [0.3, 0.4) is 0 Å². The molecule has 1 aliphatic rings. The quantitative estimate of drug-likeness (QED) is 0.0868. The van der Waals surface area contributed by atoms with Crippen molar-refractivity contribution < 1.29 is 10.2 Å². The molecule has 2 heteroatoms. The van der Waals surface area contributed by atoms with E-state index in [1.54, 1.807) is 12.2 Å². The minimum absolute atomic E-state index is 0.565. The van der Waals surface area contributed by atoms with E-state index >= 15 is 0 Å². The number of hydrogen-bond acceptors (Lipinski definition) is 2. The average molecular weight is 739 g/mol. The van der Waals surface area contributed by atoms with E-state index in [-0.39, 0.29) is 0 Å². The number of aliphatic hydroxyl groups excluding tert-OH is 2. The molecule has 2 nitrogen and oxygen atoms in total.